The minimum atomic E-state index is -0.483. The zero-order chi connectivity index (χ0) is 15.0. The Kier molecular flexibility index (Phi) is 7.62. The molecular formula is C15H22FNO2S. The molecule has 1 aromatic carbocycles. The Morgan fingerprint density at radius 2 is 2.00 bits per heavy atom. The molecule has 1 rings (SSSR count). The molecule has 1 unspecified atom stereocenters. The maximum atomic E-state index is 12.7. The molecule has 0 heterocycles. The molecule has 0 aliphatic heterocycles. The van der Waals surface area contributed by atoms with Crippen LogP contribution in [0.25, 0.3) is 0 Å². The molecule has 0 saturated carbocycles. The van der Waals surface area contributed by atoms with Gasteiger partial charge in [-0.3, -0.25) is 4.79 Å². The number of nitrogens with one attached hydrogen (secondary N) is 1. The van der Waals surface area contributed by atoms with Crippen LogP contribution in [0.4, 0.5) is 4.39 Å². The Morgan fingerprint density at radius 1 is 1.35 bits per heavy atom. The average Bonchev–Trinajstić information content (AvgIpc) is 2.38. The number of hydrogen-bond acceptors (Lipinski definition) is 3. The minimum absolute atomic E-state index is 0.0672. The van der Waals surface area contributed by atoms with Crippen molar-refractivity contribution in [3.05, 3.63) is 30.1 Å². The lowest BCUT2D eigenvalue weighted by Crippen LogP contribution is -2.32. The maximum Gasteiger partial charge on any atom is 0.220 e. The second kappa shape index (κ2) is 8.97. The van der Waals surface area contributed by atoms with Crippen LogP contribution in [0.15, 0.2) is 29.2 Å². The summed E-state index contributed by atoms with van der Waals surface area (Å²) in [6.45, 7) is 4.37. The minimum Gasteiger partial charge on any atom is -0.391 e. The van der Waals surface area contributed by atoms with E-state index in [2.05, 4.69) is 5.32 Å². The van der Waals surface area contributed by atoms with Crippen molar-refractivity contribution in [2.24, 2.45) is 5.92 Å². The van der Waals surface area contributed by atoms with Crippen LogP contribution in [0, 0.1) is 11.7 Å². The summed E-state index contributed by atoms with van der Waals surface area (Å²) in [5, 5.41) is 12.4. The third kappa shape index (κ3) is 7.50. The summed E-state index contributed by atoms with van der Waals surface area (Å²) in [6.07, 6.45) is 0.588. The lowest BCUT2D eigenvalue weighted by Gasteiger charge is -2.13. The van der Waals surface area contributed by atoms with Gasteiger partial charge >= 0.3 is 0 Å². The number of carbonyl (C=O) groups excluding carboxylic acids is 1. The van der Waals surface area contributed by atoms with Crippen LogP contribution in [-0.4, -0.2) is 29.4 Å². The highest BCUT2D eigenvalue weighted by Gasteiger charge is 2.09. The average molecular weight is 299 g/mol. The van der Waals surface area contributed by atoms with Crippen molar-refractivity contribution in [2.45, 2.75) is 37.7 Å². The molecule has 0 aliphatic rings. The van der Waals surface area contributed by atoms with Gasteiger partial charge in [0.2, 0.25) is 5.91 Å². The second-order valence-corrected chi connectivity index (χ2v) is 6.31. The van der Waals surface area contributed by atoms with Crippen LogP contribution in [0.2, 0.25) is 0 Å². The van der Waals surface area contributed by atoms with Gasteiger partial charge in [-0.15, -0.1) is 11.8 Å². The van der Waals surface area contributed by atoms with Gasteiger partial charge in [-0.25, -0.2) is 4.39 Å². The van der Waals surface area contributed by atoms with Crippen LogP contribution in [-0.2, 0) is 4.79 Å². The van der Waals surface area contributed by atoms with E-state index >= 15 is 0 Å². The number of aliphatic hydroxyl groups is 1. The molecule has 0 radical (unpaired) electrons. The summed E-state index contributed by atoms with van der Waals surface area (Å²) in [7, 11) is 0. The summed E-state index contributed by atoms with van der Waals surface area (Å²) in [4.78, 5) is 12.5. The predicted molar refractivity (Wildman–Crippen MR) is 80.2 cm³/mol. The zero-order valence-electron chi connectivity index (χ0n) is 11.9. The standard InChI is InChI=1S/C15H22FNO2S/c1-11(2)9-13(18)10-17-15(19)7-8-20-14-5-3-12(16)4-6-14/h3-6,11,13,18H,7-10H2,1-2H3,(H,17,19). The van der Waals surface area contributed by atoms with Crippen LogP contribution >= 0.6 is 11.8 Å². The maximum absolute atomic E-state index is 12.7. The van der Waals surface area contributed by atoms with E-state index in [1.165, 1.54) is 23.9 Å². The van der Waals surface area contributed by atoms with Crippen molar-refractivity contribution in [2.75, 3.05) is 12.3 Å². The first-order valence-corrected chi connectivity index (χ1v) is 7.79. The summed E-state index contributed by atoms with van der Waals surface area (Å²) < 4.78 is 12.7. The highest BCUT2D eigenvalue weighted by atomic mass is 32.2. The fourth-order valence-electron chi connectivity index (χ4n) is 1.74. The van der Waals surface area contributed by atoms with Crippen LogP contribution in [0.3, 0.4) is 0 Å². The van der Waals surface area contributed by atoms with Crippen LogP contribution in [0.1, 0.15) is 26.7 Å². The first-order chi connectivity index (χ1) is 9.47. The van der Waals surface area contributed by atoms with E-state index in [1.807, 2.05) is 13.8 Å². The molecule has 1 amide bonds. The predicted octanol–water partition coefficient (Wildman–Crippen LogP) is 2.83. The summed E-state index contributed by atoms with van der Waals surface area (Å²) in [5.41, 5.74) is 0. The largest absolute Gasteiger partial charge is 0.391 e. The van der Waals surface area contributed by atoms with Crippen molar-refractivity contribution in [3.8, 4) is 0 Å². The topological polar surface area (TPSA) is 49.3 Å². The second-order valence-electron chi connectivity index (χ2n) is 5.14. The van der Waals surface area contributed by atoms with Gasteiger partial charge in [0.1, 0.15) is 5.82 Å². The highest BCUT2D eigenvalue weighted by molar-refractivity contribution is 7.99. The fourth-order valence-corrected chi connectivity index (χ4v) is 2.59. The van der Waals surface area contributed by atoms with Gasteiger partial charge < -0.3 is 10.4 Å². The quantitative estimate of drug-likeness (QED) is 0.726. The summed E-state index contributed by atoms with van der Waals surface area (Å²) >= 11 is 1.51. The van der Waals surface area contributed by atoms with Gasteiger partial charge in [-0.05, 0) is 36.6 Å². The normalized spacial score (nSPS) is 12.4. The first-order valence-electron chi connectivity index (χ1n) is 6.80. The molecule has 0 saturated heterocycles. The van der Waals surface area contributed by atoms with Crippen LogP contribution in [0.5, 0.6) is 0 Å². The van der Waals surface area contributed by atoms with Gasteiger partial charge in [0.05, 0.1) is 6.10 Å². The third-order valence-electron chi connectivity index (χ3n) is 2.69. The third-order valence-corrected chi connectivity index (χ3v) is 3.70. The van der Waals surface area contributed by atoms with E-state index in [0.29, 0.717) is 31.1 Å². The van der Waals surface area contributed by atoms with E-state index < -0.39 is 6.10 Å². The Labute approximate surface area is 124 Å². The number of thioether (sulfide) groups is 1. The molecule has 20 heavy (non-hydrogen) atoms. The number of halogens is 1. The molecule has 112 valence electrons. The summed E-state index contributed by atoms with van der Waals surface area (Å²) in [6, 6.07) is 6.21. The lowest BCUT2D eigenvalue weighted by molar-refractivity contribution is -0.121. The molecule has 0 spiro atoms. The van der Waals surface area contributed by atoms with E-state index in [0.717, 1.165) is 4.90 Å². The highest BCUT2D eigenvalue weighted by Crippen LogP contribution is 2.18. The number of benzene rings is 1. The number of hydrogen-bond donors (Lipinski definition) is 2. The van der Waals surface area contributed by atoms with Crippen molar-refractivity contribution in [3.63, 3.8) is 0 Å². The summed E-state index contributed by atoms with van der Waals surface area (Å²) in [5.74, 6) is 0.724. The molecule has 0 aliphatic carbocycles. The number of aliphatic hydroxyl groups excluding tert-OH is 1. The Bertz CT molecular complexity index is 409. The van der Waals surface area contributed by atoms with Gasteiger partial charge in [0.15, 0.2) is 0 Å². The van der Waals surface area contributed by atoms with Gasteiger partial charge in [0.25, 0.3) is 0 Å². The van der Waals surface area contributed by atoms with E-state index in [-0.39, 0.29) is 11.7 Å². The SMILES string of the molecule is CC(C)CC(O)CNC(=O)CCSc1ccc(F)cc1. The van der Waals surface area contributed by atoms with E-state index in [4.69, 9.17) is 0 Å². The molecule has 2 N–H and O–H groups in total. The van der Waals surface area contributed by atoms with Crippen LogP contribution < -0.4 is 5.32 Å². The molecule has 5 heteroatoms. The van der Waals surface area contributed by atoms with Crippen molar-refractivity contribution in [1.82, 2.24) is 5.32 Å². The fraction of sp³-hybridized carbons (Fsp3) is 0.533. The Morgan fingerprint density at radius 3 is 2.60 bits per heavy atom. The number of amides is 1. The first kappa shape index (κ1) is 17.0. The smallest absolute Gasteiger partial charge is 0.220 e. The Hall–Kier alpha value is -1.07. The monoisotopic (exact) mass is 299 g/mol. The lowest BCUT2D eigenvalue weighted by atomic mass is 10.1. The molecule has 1 atom stereocenters. The van der Waals surface area contributed by atoms with E-state index in [1.54, 1.807) is 12.1 Å². The molecule has 1 aromatic rings. The van der Waals surface area contributed by atoms with Crippen molar-refractivity contribution < 1.29 is 14.3 Å². The van der Waals surface area contributed by atoms with Crippen molar-refractivity contribution in [1.29, 1.82) is 0 Å². The number of rotatable bonds is 8. The van der Waals surface area contributed by atoms with Gasteiger partial charge in [-0.2, -0.15) is 0 Å². The molecule has 0 fully saturated rings. The van der Waals surface area contributed by atoms with E-state index in [9.17, 15) is 14.3 Å². The molecule has 0 aromatic heterocycles. The molecule has 0 bridgehead atoms. The van der Waals surface area contributed by atoms with Gasteiger partial charge in [-0.1, -0.05) is 13.8 Å². The molecule has 3 nitrogen and oxygen atoms in total. The zero-order valence-corrected chi connectivity index (χ0v) is 12.8. The van der Waals surface area contributed by atoms with Gasteiger partial charge in [0, 0.05) is 23.6 Å². The van der Waals surface area contributed by atoms with Crippen molar-refractivity contribution >= 4 is 17.7 Å². The molecular weight excluding hydrogens is 277 g/mol. The Balaban J connectivity index is 2.15. The number of carbonyl (C=O) groups is 1.